The van der Waals surface area contributed by atoms with Crippen molar-refractivity contribution in [1.29, 1.82) is 0 Å². The number of carbonyl (C=O) groups is 1. The first-order chi connectivity index (χ1) is 9.65. The van der Waals surface area contributed by atoms with E-state index in [1.54, 1.807) is 18.2 Å². The summed E-state index contributed by atoms with van der Waals surface area (Å²) in [6.45, 7) is 2.57. The van der Waals surface area contributed by atoms with Gasteiger partial charge in [0.15, 0.2) is 5.75 Å². The Morgan fingerprint density at radius 2 is 2.30 bits per heavy atom. The van der Waals surface area contributed by atoms with Crippen molar-refractivity contribution in [1.82, 2.24) is 10.8 Å². The van der Waals surface area contributed by atoms with Crippen LogP contribution in [0.2, 0.25) is 0 Å². The molecule has 3 N–H and O–H groups in total. The van der Waals surface area contributed by atoms with E-state index in [4.69, 9.17) is 4.84 Å². The minimum Gasteiger partial charge on any atom is -0.508 e. The molecule has 1 aromatic carbocycles. The Morgan fingerprint density at radius 1 is 1.50 bits per heavy atom. The number of aromatic hydroxyl groups is 1. The molecule has 0 radical (unpaired) electrons. The topological polar surface area (TPSA) is 70.6 Å². The molecule has 5 nitrogen and oxygen atoms in total. The average Bonchev–Trinajstić information content (AvgIpc) is 3.26. The fourth-order valence-electron chi connectivity index (χ4n) is 2.29. The highest BCUT2D eigenvalue weighted by Gasteiger charge is 2.29. The SMILES string of the molecule is CC1=C(CCNC(=O)C2CC2)NOc2ccc(O)cc21. The maximum absolute atomic E-state index is 11.6. The van der Waals surface area contributed by atoms with Gasteiger partial charge in [-0.25, -0.2) is 5.48 Å². The monoisotopic (exact) mass is 274 g/mol. The van der Waals surface area contributed by atoms with Crippen molar-refractivity contribution in [3.63, 3.8) is 0 Å². The van der Waals surface area contributed by atoms with Gasteiger partial charge < -0.3 is 15.3 Å². The minimum absolute atomic E-state index is 0.151. The lowest BCUT2D eigenvalue weighted by atomic mass is 10.0. The van der Waals surface area contributed by atoms with Gasteiger partial charge in [0.05, 0.1) is 5.70 Å². The molecular weight excluding hydrogens is 256 g/mol. The number of phenols is 1. The Morgan fingerprint density at radius 3 is 3.05 bits per heavy atom. The van der Waals surface area contributed by atoms with E-state index in [1.165, 1.54) is 0 Å². The molecule has 3 rings (SSSR count). The van der Waals surface area contributed by atoms with Gasteiger partial charge in [0.2, 0.25) is 5.91 Å². The average molecular weight is 274 g/mol. The third-order valence-corrected chi connectivity index (χ3v) is 3.73. The third kappa shape index (κ3) is 2.57. The number of nitrogens with one attached hydrogen (secondary N) is 2. The molecule has 1 saturated carbocycles. The van der Waals surface area contributed by atoms with E-state index in [2.05, 4.69) is 10.8 Å². The number of benzene rings is 1. The first-order valence-electron chi connectivity index (χ1n) is 6.89. The van der Waals surface area contributed by atoms with Crippen LogP contribution in [0.4, 0.5) is 0 Å². The molecule has 106 valence electrons. The van der Waals surface area contributed by atoms with Crippen LogP contribution in [0.5, 0.6) is 11.5 Å². The summed E-state index contributed by atoms with van der Waals surface area (Å²) >= 11 is 0. The van der Waals surface area contributed by atoms with Crippen molar-refractivity contribution in [2.24, 2.45) is 5.92 Å². The molecular formula is C15H18N2O3. The molecule has 1 fully saturated rings. The minimum atomic E-state index is 0.151. The van der Waals surface area contributed by atoms with Crippen molar-refractivity contribution < 1.29 is 14.7 Å². The molecule has 5 heteroatoms. The van der Waals surface area contributed by atoms with Crippen molar-refractivity contribution in [2.45, 2.75) is 26.2 Å². The largest absolute Gasteiger partial charge is 0.508 e. The van der Waals surface area contributed by atoms with Gasteiger partial charge in [-0.05, 0) is 43.5 Å². The Labute approximate surface area is 117 Å². The smallest absolute Gasteiger partial charge is 0.223 e. The molecule has 2 aliphatic rings. The summed E-state index contributed by atoms with van der Waals surface area (Å²) in [5.41, 5.74) is 5.75. The van der Waals surface area contributed by atoms with Crippen LogP contribution in [-0.2, 0) is 4.79 Å². The number of hydrogen-bond acceptors (Lipinski definition) is 4. The summed E-state index contributed by atoms with van der Waals surface area (Å²) in [6.07, 6.45) is 2.71. The number of carbonyl (C=O) groups excluding carboxylic acids is 1. The standard InChI is InChI=1S/C15H18N2O3/c1-9-12-8-11(18)4-5-14(12)20-17-13(9)6-7-16-15(19)10-2-3-10/h4-5,8,10,17-18H,2-3,6-7H2,1H3,(H,16,19). The van der Waals surface area contributed by atoms with Crippen molar-refractivity contribution in [3.05, 3.63) is 29.5 Å². The van der Waals surface area contributed by atoms with E-state index in [0.717, 1.165) is 29.7 Å². The van der Waals surface area contributed by atoms with Crippen LogP contribution in [0.25, 0.3) is 5.57 Å². The summed E-state index contributed by atoms with van der Waals surface area (Å²) in [5, 5.41) is 12.5. The Hall–Kier alpha value is -2.17. The maximum atomic E-state index is 11.6. The Bertz CT molecular complexity index is 576. The van der Waals surface area contributed by atoms with E-state index in [0.29, 0.717) is 18.7 Å². The summed E-state index contributed by atoms with van der Waals surface area (Å²) < 4.78 is 0. The molecule has 1 aliphatic carbocycles. The van der Waals surface area contributed by atoms with Gasteiger partial charge in [-0.2, -0.15) is 0 Å². The summed E-state index contributed by atoms with van der Waals surface area (Å²) in [6, 6.07) is 5.01. The Balaban J connectivity index is 1.66. The zero-order chi connectivity index (χ0) is 14.1. The van der Waals surface area contributed by atoms with Crippen LogP contribution in [-0.4, -0.2) is 17.6 Å². The molecule has 0 bridgehead atoms. The van der Waals surface area contributed by atoms with Crippen LogP contribution >= 0.6 is 0 Å². The number of fused-ring (bicyclic) bond motifs is 1. The first-order valence-corrected chi connectivity index (χ1v) is 6.89. The molecule has 0 saturated heterocycles. The highest BCUT2D eigenvalue weighted by molar-refractivity contribution is 5.81. The number of rotatable bonds is 4. The lowest BCUT2D eigenvalue weighted by Gasteiger charge is -2.23. The van der Waals surface area contributed by atoms with E-state index in [-0.39, 0.29) is 17.6 Å². The van der Waals surface area contributed by atoms with E-state index in [1.807, 2.05) is 6.92 Å². The van der Waals surface area contributed by atoms with E-state index >= 15 is 0 Å². The molecule has 0 spiro atoms. The fourth-order valence-corrected chi connectivity index (χ4v) is 2.29. The lowest BCUT2D eigenvalue weighted by molar-refractivity contribution is -0.122. The predicted molar refractivity (Wildman–Crippen MR) is 74.8 cm³/mol. The molecule has 1 aliphatic heterocycles. The predicted octanol–water partition coefficient (Wildman–Crippen LogP) is 1.94. The van der Waals surface area contributed by atoms with Gasteiger partial charge >= 0.3 is 0 Å². The fraction of sp³-hybridized carbons (Fsp3) is 0.400. The zero-order valence-electron chi connectivity index (χ0n) is 11.4. The van der Waals surface area contributed by atoms with Gasteiger partial charge in [-0.3, -0.25) is 4.79 Å². The quantitative estimate of drug-likeness (QED) is 0.784. The van der Waals surface area contributed by atoms with Crippen molar-refractivity contribution >= 4 is 11.5 Å². The van der Waals surface area contributed by atoms with Crippen molar-refractivity contribution in [2.75, 3.05) is 6.54 Å². The Kier molecular flexibility index (Phi) is 3.26. The summed E-state index contributed by atoms with van der Waals surface area (Å²) in [7, 11) is 0. The molecule has 20 heavy (non-hydrogen) atoms. The van der Waals surface area contributed by atoms with Gasteiger partial charge in [0.1, 0.15) is 5.75 Å². The van der Waals surface area contributed by atoms with Crippen LogP contribution < -0.4 is 15.6 Å². The second kappa shape index (κ2) is 5.07. The van der Waals surface area contributed by atoms with Crippen LogP contribution in [0.15, 0.2) is 23.9 Å². The number of amides is 1. The van der Waals surface area contributed by atoms with Gasteiger partial charge in [0.25, 0.3) is 0 Å². The van der Waals surface area contributed by atoms with E-state index < -0.39 is 0 Å². The zero-order valence-corrected chi connectivity index (χ0v) is 11.4. The van der Waals surface area contributed by atoms with Crippen LogP contribution in [0.1, 0.15) is 31.7 Å². The van der Waals surface area contributed by atoms with E-state index in [9.17, 15) is 9.90 Å². The molecule has 0 unspecified atom stereocenters. The lowest BCUT2D eigenvalue weighted by Crippen LogP contribution is -2.30. The summed E-state index contributed by atoms with van der Waals surface area (Å²) in [5.74, 6) is 1.30. The number of hydrogen-bond donors (Lipinski definition) is 3. The molecule has 0 atom stereocenters. The molecule has 1 heterocycles. The second-order valence-electron chi connectivity index (χ2n) is 5.30. The number of allylic oxidation sites excluding steroid dienone is 1. The molecule has 1 aromatic rings. The summed E-state index contributed by atoms with van der Waals surface area (Å²) in [4.78, 5) is 17.0. The second-order valence-corrected chi connectivity index (χ2v) is 5.30. The first kappa shape index (κ1) is 12.8. The maximum Gasteiger partial charge on any atom is 0.223 e. The number of hydroxylamine groups is 1. The van der Waals surface area contributed by atoms with Gasteiger partial charge in [-0.1, -0.05) is 0 Å². The number of phenolic OH excluding ortho intramolecular Hbond substituents is 1. The molecule has 0 aromatic heterocycles. The van der Waals surface area contributed by atoms with Gasteiger partial charge in [-0.15, -0.1) is 0 Å². The van der Waals surface area contributed by atoms with Gasteiger partial charge in [0, 0.05) is 24.4 Å². The third-order valence-electron chi connectivity index (χ3n) is 3.73. The van der Waals surface area contributed by atoms with Crippen LogP contribution in [0, 0.1) is 5.92 Å². The molecule has 1 amide bonds. The highest BCUT2D eigenvalue weighted by atomic mass is 16.6. The van der Waals surface area contributed by atoms with Crippen LogP contribution in [0.3, 0.4) is 0 Å². The highest BCUT2D eigenvalue weighted by Crippen LogP contribution is 2.34. The normalized spacial score (nSPS) is 17.1. The van der Waals surface area contributed by atoms with Crippen molar-refractivity contribution in [3.8, 4) is 11.5 Å².